The van der Waals surface area contributed by atoms with Gasteiger partial charge in [-0.25, -0.2) is 0 Å². The van der Waals surface area contributed by atoms with E-state index in [9.17, 15) is 14.4 Å². The first kappa shape index (κ1) is 22.9. The van der Waals surface area contributed by atoms with E-state index in [-0.39, 0.29) is 18.1 Å². The first-order valence-corrected chi connectivity index (χ1v) is 11.5. The van der Waals surface area contributed by atoms with E-state index in [0.29, 0.717) is 16.3 Å². The number of carbonyl (C=O) groups is 3. The molecule has 0 bridgehead atoms. The maximum absolute atomic E-state index is 12.9. The Balaban J connectivity index is 1.68. The summed E-state index contributed by atoms with van der Waals surface area (Å²) >= 11 is 7.04. The summed E-state index contributed by atoms with van der Waals surface area (Å²) in [6.45, 7) is 1.66. The zero-order chi connectivity index (χ0) is 23.4. The molecule has 4 rings (SSSR count). The molecule has 0 spiro atoms. The Kier molecular flexibility index (Phi) is 7.01. The summed E-state index contributed by atoms with van der Waals surface area (Å²) in [6.07, 6.45) is 1.64. The van der Waals surface area contributed by atoms with E-state index in [2.05, 4.69) is 0 Å². The Hall–Kier alpha value is -3.29. The second-order valence-corrected chi connectivity index (χ2v) is 8.55. The largest absolute Gasteiger partial charge is 0.488 e. The maximum atomic E-state index is 12.9. The molecule has 3 aromatic carbocycles. The average Bonchev–Trinajstić information content (AvgIpc) is 3.07. The molecule has 2 amide bonds. The summed E-state index contributed by atoms with van der Waals surface area (Å²) < 4.78 is 11.0. The van der Waals surface area contributed by atoms with E-state index in [1.54, 1.807) is 19.1 Å². The van der Waals surface area contributed by atoms with Crippen molar-refractivity contribution in [3.05, 3.63) is 81.7 Å². The number of thioether (sulfide) groups is 1. The van der Waals surface area contributed by atoms with Gasteiger partial charge in [-0.15, -0.1) is 0 Å². The monoisotopic (exact) mass is 481 g/mol. The highest BCUT2D eigenvalue weighted by atomic mass is 35.5. The van der Waals surface area contributed by atoms with Gasteiger partial charge in [-0.05, 0) is 47.7 Å². The SMILES string of the molecule is CCOC(=O)CN1C(=O)S/C(=C/c2c(OCc3ccccc3Cl)ccc3ccccc23)C1=O. The zero-order valence-electron chi connectivity index (χ0n) is 17.7. The van der Waals surface area contributed by atoms with Crippen LogP contribution < -0.4 is 4.74 Å². The molecule has 6 nitrogen and oxygen atoms in total. The van der Waals surface area contributed by atoms with Gasteiger partial charge in [-0.3, -0.25) is 19.3 Å². The van der Waals surface area contributed by atoms with E-state index in [1.807, 2.05) is 54.6 Å². The molecule has 3 aromatic rings. The Morgan fingerprint density at radius 1 is 1.06 bits per heavy atom. The van der Waals surface area contributed by atoms with Crippen molar-refractivity contribution < 1.29 is 23.9 Å². The van der Waals surface area contributed by atoms with Gasteiger partial charge in [-0.1, -0.05) is 60.1 Å². The summed E-state index contributed by atoms with van der Waals surface area (Å²) in [5.41, 5.74) is 1.50. The minimum atomic E-state index is -0.630. The molecular formula is C25H20ClNO5S. The summed E-state index contributed by atoms with van der Waals surface area (Å²) in [6, 6.07) is 18.8. The first-order chi connectivity index (χ1) is 16.0. The molecule has 8 heteroatoms. The zero-order valence-corrected chi connectivity index (χ0v) is 19.3. The Morgan fingerprint density at radius 3 is 2.61 bits per heavy atom. The van der Waals surface area contributed by atoms with Crippen LogP contribution in [0.4, 0.5) is 4.79 Å². The van der Waals surface area contributed by atoms with Crippen molar-refractivity contribution in [3.8, 4) is 5.75 Å². The second-order valence-electron chi connectivity index (χ2n) is 7.15. The number of nitrogens with zero attached hydrogens (tertiary/aromatic N) is 1. The van der Waals surface area contributed by atoms with Crippen molar-refractivity contribution >= 4 is 57.3 Å². The van der Waals surface area contributed by atoms with Crippen LogP contribution in [-0.4, -0.2) is 35.2 Å². The molecule has 0 saturated carbocycles. The molecule has 0 atom stereocenters. The predicted octanol–water partition coefficient (Wildman–Crippen LogP) is 5.67. The summed E-state index contributed by atoms with van der Waals surface area (Å²) in [4.78, 5) is 38.2. The number of hydrogen-bond acceptors (Lipinski definition) is 6. The highest BCUT2D eigenvalue weighted by Gasteiger charge is 2.37. The van der Waals surface area contributed by atoms with E-state index < -0.39 is 23.7 Å². The Bertz CT molecular complexity index is 1270. The number of amides is 2. The highest BCUT2D eigenvalue weighted by Crippen LogP contribution is 2.37. The lowest BCUT2D eigenvalue weighted by Gasteiger charge is -2.13. The van der Waals surface area contributed by atoms with E-state index in [1.165, 1.54) is 0 Å². The van der Waals surface area contributed by atoms with Gasteiger partial charge in [0.15, 0.2) is 0 Å². The smallest absolute Gasteiger partial charge is 0.326 e. The number of carbonyl (C=O) groups excluding carboxylic acids is 3. The molecule has 0 aromatic heterocycles. The predicted molar refractivity (Wildman–Crippen MR) is 129 cm³/mol. The van der Waals surface area contributed by atoms with Gasteiger partial charge in [-0.2, -0.15) is 0 Å². The molecule has 1 aliphatic rings. The summed E-state index contributed by atoms with van der Waals surface area (Å²) in [5, 5.41) is 1.91. The fourth-order valence-corrected chi connectivity index (χ4v) is 4.43. The van der Waals surface area contributed by atoms with E-state index >= 15 is 0 Å². The molecule has 1 aliphatic heterocycles. The third kappa shape index (κ3) is 5.05. The molecule has 1 fully saturated rings. The van der Waals surface area contributed by atoms with Crippen LogP contribution in [0.15, 0.2) is 65.6 Å². The maximum Gasteiger partial charge on any atom is 0.326 e. The Labute approximate surface area is 200 Å². The lowest BCUT2D eigenvalue weighted by molar-refractivity contribution is -0.145. The number of benzene rings is 3. The summed E-state index contributed by atoms with van der Waals surface area (Å²) in [5.74, 6) is -0.621. The number of imide groups is 1. The average molecular weight is 482 g/mol. The minimum absolute atomic E-state index is 0.174. The second kappa shape index (κ2) is 10.1. The normalized spacial score (nSPS) is 14.8. The van der Waals surface area contributed by atoms with Crippen LogP contribution in [0.5, 0.6) is 5.75 Å². The van der Waals surface area contributed by atoms with Gasteiger partial charge in [0, 0.05) is 16.1 Å². The molecule has 0 aliphatic carbocycles. The molecule has 1 heterocycles. The molecule has 0 radical (unpaired) electrons. The fraction of sp³-hybridized carbons (Fsp3) is 0.160. The third-order valence-electron chi connectivity index (χ3n) is 5.01. The molecular weight excluding hydrogens is 462 g/mol. The number of rotatable bonds is 7. The quantitative estimate of drug-likeness (QED) is 0.319. The van der Waals surface area contributed by atoms with Crippen molar-refractivity contribution in [2.45, 2.75) is 13.5 Å². The van der Waals surface area contributed by atoms with Gasteiger partial charge < -0.3 is 9.47 Å². The first-order valence-electron chi connectivity index (χ1n) is 10.3. The van der Waals surface area contributed by atoms with Crippen LogP contribution in [0.25, 0.3) is 16.8 Å². The number of esters is 1. The number of halogens is 1. The number of hydrogen-bond donors (Lipinski definition) is 0. The Morgan fingerprint density at radius 2 is 1.82 bits per heavy atom. The van der Waals surface area contributed by atoms with Crippen molar-refractivity contribution in [2.24, 2.45) is 0 Å². The van der Waals surface area contributed by atoms with E-state index in [4.69, 9.17) is 21.1 Å². The van der Waals surface area contributed by atoms with Crippen LogP contribution in [0.1, 0.15) is 18.1 Å². The standard InChI is InChI=1S/C25H20ClNO5S/c1-2-31-23(28)14-27-24(29)22(33-25(27)30)13-19-18-9-5-3-7-16(18)11-12-21(19)32-15-17-8-4-6-10-20(17)26/h3-13H,2,14-15H2,1H3/b22-13+. The molecule has 0 N–H and O–H groups in total. The van der Waals surface area contributed by atoms with Crippen molar-refractivity contribution in [3.63, 3.8) is 0 Å². The van der Waals surface area contributed by atoms with Crippen molar-refractivity contribution in [1.29, 1.82) is 0 Å². The fourth-order valence-electron chi connectivity index (χ4n) is 3.42. The molecule has 0 unspecified atom stereocenters. The topological polar surface area (TPSA) is 72.9 Å². The third-order valence-corrected chi connectivity index (χ3v) is 6.29. The summed E-state index contributed by atoms with van der Waals surface area (Å²) in [7, 11) is 0. The molecule has 1 saturated heterocycles. The van der Waals surface area contributed by atoms with Crippen LogP contribution >= 0.6 is 23.4 Å². The van der Waals surface area contributed by atoms with E-state index in [0.717, 1.165) is 33.0 Å². The van der Waals surface area contributed by atoms with Crippen LogP contribution in [0, 0.1) is 0 Å². The van der Waals surface area contributed by atoms with Gasteiger partial charge in [0.25, 0.3) is 11.1 Å². The highest BCUT2D eigenvalue weighted by molar-refractivity contribution is 8.18. The molecule has 33 heavy (non-hydrogen) atoms. The van der Waals surface area contributed by atoms with Gasteiger partial charge in [0.05, 0.1) is 11.5 Å². The van der Waals surface area contributed by atoms with Crippen molar-refractivity contribution in [2.75, 3.05) is 13.2 Å². The minimum Gasteiger partial charge on any atom is -0.488 e. The lowest BCUT2D eigenvalue weighted by atomic mass is 10.0. The number of fused-ring (bicyclic) bond motifs is 1. The van der Waals surface area contributed by atoms with Crippen LogP contribution in [0.2, 0.25) is 5.02 Å². The van der Waals surface area contributed by atoms with Gasteiger partial charge in [0.1, 0.15) is 18.9 Å². The van der Waals surface area contributed by atoms with Crippen LogP contribution in [-0.2, 0) is 20.9 Å². The number of ether oxygens (including phenoxy) is 2. The lowest BCUT2D eigenvalue weighted by Crippen LogP contribution is -2.34. The van der Waals surface area contributed by atoms with Gasteiger partial charge >= 0.3 is 5.97 Å². The van der Waals surface area contributed by atoms with Crippen LogP contribution in [0.3, 0.4) is 0 Å². The molecule has 168 valence electrons. The van der Waals surface area contributed by atoms with Crippen molar-refractivity contribution in [1.82, 2.24) is 4.90 Å². The van der Waals surface area contributed by atoms with Gasteiger partial charge in [0.2, 0.25) is 0 Å².